The van der Waals surface area contributed by atoms with Crippen molar-refractivity contribution in [1.29, 1.82) is 0 Å². The summed E-state index contributed by atoms with van der Waals surface area (Å²) >= 11 is 0. The second-order valence-electron chi connectivity index (χ2n) is 5.75. The summed E-state index contributed by atoms with van der Waals surface area (Å²) in [5.74, 6) is -0.158. The average Bonchev–Trinajstić information content (AvgIpc) is 2.48. The van der Waals surface area contributed by atoms with Crippen LogP contribution in [0.3, 0.4) is 0 Å². The Bertz CT molecular complexity index is 516. The Kier molecular flexibility index (Phi) is 5.33. The van der Waals surface area contributed by atoms with Gasteiger partial charge in [0.2, 0.25) is 11.8 Å². The number of nitrogens with one attached hydrogen (secondary N) is 1. The summed E-state index contributed by atoms with van der Waals surface area (Å²) in [6.07, 6.45) is 4.85. The minimum atomic E-state index is -0.462. The molecule has 2 atom stereocenters. The van der Waals surface area contributed by atoms with Crippen LogP contribution in [0.15, 0.2) is 24.3 Å². The number of primary amides is 1. The zero-order valence-corrected chi connectivity index (χ0v) is 12.2. The normalized spacial score (nSPS) is 21.8. The van der Waals surface area contributed by atoms with Gasteiger partial charge in [-0.1, -0.05) is 25.0 Å². The largest absolute Gasteiger partial charge is 0.366 e. The van der Waals surface area contributed by atoms with Crippen LogP contribution in [0.1, 0.15) is 48.0 Å². The maximum atomic E-state index is 12.0. The van der Waals surface area contributed by atoms with E-state index in [0.29, 0.717) is 18.5 Å². The summed E-state index contributed by atoms with van der Waals surface area (Å²) in [7, 11) is 0. The topological polar surface area (TPSA) is 98.2 Å². The first-order valence-corrected chi connectivity index (χ1v) is 7.47. The Morgan fingerprint density at radius 2 is 2.00 bits per heavy atom. The molecule has 1 aliphatic carbocycles. The first-order valence-electron chi connectivity index (χ1n) is 7.47. The van der Waals surface area contributed by atoms with Crippen LogP contribution in [0.4, 0.5) is 0 Å². The van der Waals surface area contributed by atoms with E-state index in [-0.39, 0.29) is 17.9 Å². The molecule has 0 radical (unpaired) electrons. The predicted octanol–water partition coefficient (Wildman–Crippen LogP) is 1.31. The zero-order valence-electron chi connectivity index (χ0n) is 12.2. The number of rotatable bonds is 5. The van der Waals surface area contributed by atoms with E-state index in [2.05, 4.69) is 5.32 Å². The van der Waals surface area contributed by atoms with Crippen molar-refractivity contribution in [2.75, 3.05) is 0 Å². The lowest BCUT2D eigenvalue weighted by Crippen LogP contribution is -2.37. The van der Waals surface area contributed by atoms with Crippen molar-refractivity contribution < 1.29 is 9.59 Å². The van der Waals surface area contributed by atoms with Crippen LogP contribution in [-0.4, -0.2) is 17.9 Å². The highest BCUT2D eigenvalue weighted by atomic mass is 16.1. The van der Waals surface area contributed by atoms with Gasteiger partial charge < -0.3 is 16.8 Å². The second kappa shape index (κ2) is 7.22. The standard InChI is InChI=1S/C16H23N3O2/c17-14-7-2-1-5-12(14)9-15(20)19-10-11-4-3-6-13(8-11)16(18)21/h3-4,6,8,12,14H,1-2,5,7,9-10,17H2,(H2,18,21)(H,19,20). The molecule has 21 heavy (non-hydrogen) atoms. The third kappa shape index (κ3) is 4.56. The van der Waals surface area contributed by atoms with Gasteiger partial charge in [-0.2, -0.15) is 0 Å². The third-order valence-electron chi connectivity index (χ3n) is 4.12. The molecule has 1 aromatic carbocycles. The van der Waals surface area contributed by atoms with E-state index >= 15 is 0 Å². The molecule has 0 aromatic heterocycles. The fraction of sp³-hybridized carbons (Fsp3) is 0.500. The first kappa shape index (κ1) is 15.5. The molecule has 0 saturated heterocycles. The monoisotopic (exact) mass is 289 g/mol. The van der Waals surface area contributed by atoms with Crippen molar-refractivity contribution in [1.82, 2.24) is 5.32 Å². The van der Waals surface area contributed by atoms with Gasteiger partial charge >= 0.3 is 0 Å². The molecule has 1 saturated carbocycles. The molecule has 0 aliphatic heterocycles. The molecule has 114 valence electrons. The Labute approximate surface area is 125 Å². The van der Waals surface area contributed by atoms with E-state index in [1.54, 1.807) is 18.2 Å². The van der Waals surface area contributed by atoms with E-state index in [1.165, 1.54) is 6.42 Å². The van der Waals surface area contributed by atoms with Crippen molar-refractivity contribution >= 4 is 11.8 Å². The van der Waals surface area contributed by atoms with Gasteiger partial charge in [-0.05, 0) is 36.5 Å². The highest BCUT2D eigenvalue weighted by Gasteiger charge is 2.23. The number of carbonyl (C=O) groups excluding carboxylic acids is 2. The van der Waals surface area contributed by atoms with Crippen LogP contribution in [0, 0.1) is 5.92 Å². The summed E-state index contributed by atoms with van der Waals surface area (Å²) in [6, 6.07) is 7.13. The lowest BCUT2D eigenvalue weighted by Gasteiger charge is -2.27. The predicted molar refractivity (Wildman–Crippen MR) is 81.4 cm³/mol. The number of hydrogen-bond acceptors (Lipinski definition) is 3. The van der Waals surface area contributed by atoms with Crippen molar-refractivity contribution in [3.05, 3.63) is 35.4 Å². The van der Waals surface area contributed by atoms with E-state index in [1.807, 2.05) is 6.07 Å². The van der Waals surface area contributed by atoms with Crippen LogP contribution in [0.5, 0.6) is 0 Å². The maximum Gasteiger partial charge on any atom is 0.248 e. The zero-order chi connectivity index (χ0) is 15.2. The quantitative estimate of drug-likeness (QED) is 0.762. The number of nitrogens with two attached hydrogens (primary N) is 2. The molecule has 2 rings (SSSR count). The van der Waals surface area contributed by atoms with Gasteiger partial charge in [0.15, 0.2) is 0 Å². The second-order valence-corrected chi connectivity index (χ2v) is 5.75. The van der Waals surface area contributed by atoms with Crippen LogP contribution in [0.25, 0.3) is 0 Å². The van der Waals surface area contributed by atoms with E-state index in [4.69, 9.17) is 11.5 Å². The van der Waals surface area contributed by atoms with E-state index < -0.39 is 5.91 Å². The average molecular weight is 289 g/mol. The molecular formula is C16H23N3O2. The Morgan fingerprint density at radius 3 is 2.71 bits per heavy atom. The molecule has 2 unspecified atom stereocenters. The summed E-state index contributed by atoms with van der Waals surface area (Å²) in [4.78, 5) is 23.1. The van der Waals surface area contributed by atoms with Gasteiger partial charge in [-0.15, -0.1) is 0 Å². The first-order chi connectivity index (χ1) is 10.1. The molecule has 2 amide bonds. The van der Waals surface area contributed by atoms with Crippen LogP contribution < -0.4 is 16.8 Å². The summed E-state index contributed by atoms with van der Waals surface area (Å²) in [6.45, 7) is 0.405. The number of hydrogen-bond donors (Lipinski definition) is 3. The molecule has 1 aliphatic rings. The Morgan fingerprint density at radius 1 is 1.24 bits per heavy atom. The van der Waals surface area contributed by atoms with E-state index in [9.17, 15) is 9.59 Å². The molecule has 0 heterocycles. The molecule has 5 heteroatoms. The minimum absolute atomic E-state index is 0.0156. The molecule has 0 bridgehead atoms. The lowest BCUT2D eigenvalue weighted by molar-refractivity contribution is -0.122. The van der Waals surface area contributed by atoms with E-state index in [0.717, 1.165) is 24.8 Å². The fourth-order valence-electron chi connectivity index (χ4n) is 2.84. The summed E-state index contributed by atoms with van der Waals surface area (Å²) in [5, 5.41) is 2.89. The van der Waals surface area contributed by atoms with Crippen LogP contribution in [-0.2, 0) is 11.3 Å². The molecule has 5 N–H and O–H groups in total. The summed E-state index contributed by atoms with van der Waals surface area (Å²) in [5.41, 5.74) is 12.6. The van der Waals surface area contributed by atoms with Crippen molar-refractivity contribution in [3.63, 3.8) is 0 Å². The fourth-order valence-corrected chi connectivity index (χ4v) is 2.84. The number of carbonyl (C=O) groups is 2. The number of benzene rings is 1. The summed E-state index contributed by atoms with van der Waals surface area (Å²) < 4.78 is 0. The molecule has 5 nitrogen and oxygen atoms in total. The minimum Gasteiger partial charge on any atom is -0.366 e. The smallest absolute Gasteiger partial charge is 0.248 e. The van der Waals surface area contributed by atoms with Gasteiger partial charge in [-0.3, -0.25) is 9.59 Å². The molecule has 0 spiro atoms. The van der Waals surface area contributed by atoms with Crippen molar-refractivity contribution in [2.45, 2.75) is 44.7 Å². The molecule has 1 aromatic rings. The van der Waals surface area contributed by atoms with Crippen molar-refractivity contribution in [2.24, 2.45) is 17.4 Å². The van der Waals surface area contributed by atoms with Gasteiger partial charge in [0.05, 0.1) is 0 Å². The lowest BCUT2D eigenvalue weighted by atomic mass is 9.83. The van der Waals surface area contributed by atoms with Gasteiger partial charge in [0.25, 0.3) is 0 Å². The Balaban J connectivity index is 1.83. The van der Waals surface area contributed by atoms with Crippen LogP contribution >= 0.6 is 0 Å². The van der Waals surface area contributed by atoms with Crippen molar-refractivity contribution in [3.8, 4) is 0 Å². The third-order valence-corrected chi connectivity index (χ3v) is 4.12. The maximum absolute atomic E-state index is 12.0. The number of amides is 2. The molecule has 1 fully saturated rings. The highest BCUT2D eigenvalue weighted by molar-refractivity contribution is 5.92. The van der Waals surface area contributed by atoms with Gasteiger partial charge in [0, 0.05) is 24.6 Å². The van der Waals surface area contributed by atoms with Gasteiger partial charge in [-0.25, -0.2) is 0 Å². The highest BCUT2D eigenvalue weighted by Crippen LogP contribution is 2.25. The van der Waals surface area contributed by atoms with Crippen LogP contribution in [0.2, 0.25) is 0 Å². The SMILES string of the molecule is NC(=O)c1cccc(CNC(=O)CC2CCCCC2N)c1. The Hall–Kier alpha value is -1.88. The van der Waals surface area contributed by atoms with Gasteiger partial charge in [0.1, 0.15) is 0 Å². The molecular weight excluding hydrogens is 266 g/mol.